The molecule has 0 aromatic carbocycles. The van der Waals surface area contributed by atoms with E-state index in [1.54, 1.807) is 19.4 Å². The van der Waals surface area contributed by atoms with Gasteiger partial charge >= 0.3 is 0 Å². The summed E-state index contributed by atoms with van der Waals surface area (Å²) in [6.07, 6.45) is 3.89. The second-order valence-electron chi connectivity index (χ2n) is 4.69. The summed E-state index contributed by atoms with van der Waals surface area (Å²) in [7, 11) is 1.75. The van der Waals surface area contributed by atoms with Crippen LogP contribution in [-0.2, 0) is 11.3 Å². The molecule has 0 radical (unpaired) electrons. The van der Waals surface area contributed by atoms with Gasteiger partial charge in [0.05, 0.1) is 11.6 Å². The van der Waals surface area contributed by atoms with Crippen molar-refractivity contribution in [1.82, 2.24) is 4.98 Å². The highest BCUT2D eigenvalue weighted by atomic mass is 35.5. The first-order chi connectivity index (χ1) is 8.74. The fraction of sp³-hybridized carbons (Fsp3) is 0.615. The molecule has 0 unspecified atom stereocenters. The molecule has 1 saturated heterocycles. The van der Waals surface area contributed by atoms with Gasteiger partial charge in [-0.3, -0.25) is 0 Å². The highest BCUT2D eigenvalue weighted by Crippen LogP contribution is 2.28. The molecule has 1 aliphatic heterocycles. The molecular weight excluding hydrogens is 252 g/mol. The molecule has 0 spiro atoms. The van der Waals surface area contributed by atoms with Crippen LogP contribution in [-0.4, -0.2) is 36.9 Å². The van der Waals surface area contributed by atoms with E-state index in [1.807, 2.05) is 0 Å². The van der Waals surface area contributed by atoms with Gasteiger partial charge in [0.25, 0.3) is 0 Å². The van der Waals surface area contributed by atoms with E-state index in [-0.39, 0.29) is 6.61 Å². The van der Waals surface area contributed by atoms with Crippen molar-refractivity contribution < 1.29 is 9.84 Å². The van der Waals surface area contributed by atoms with E-state index in [0.29, 0.717) is 10.9 Å². The summed E-state index contributed by atoms with van der Waals surface area (Å²) in [4.78, 5) is 6.55. The number of rotatable bonds is 4. The Morgan fingerprint density at radius 2 is 2.22 bits per heavy atom. The van der Waals surface area contributed by atoms with Crippen LogP contribution in [0.1, 0.15) is 18.4 Å². The lowest BCUT2D eigenvalue weighted by Crippen LogP contribution is -2.35. The van der Waals surface area contributed by atoms with Gasteiger partial charge in [0.15, 0.2) is 0 Å². The Kier molecular flexibility index (Phi) is 4.80. The number of hydrogen-bond donors (Lipinski definition) is 1. The van der Waals surface area contributed by atoms with Crippen LogP contribution in [0.2, 0.25) is 5.02 Å². The van der Waals surface area contributed by atoms with Crippen LogP contribution in [0.4, 0.5) is 5.82 Å². The van der Waals surface area contributed by atoms with Crippen LogP contribution < -0.4 is 4.90 Å². The molecule has 1 aromatic rings. The van der Waals surface area contributed by atoms with E-state index < -0.39 is 0 Å². The predicted octanol–water partition coefficient (Wildman–Crippen LogP) is 2.09. The molecule has 4 nitrogen and oxygen atoms in total. The van der Waals surface area contributed by atoms with Crippen LogP contribution in [0, 0.1) is 5.92 Å². The zero-order chi connectivity index (χ0) is 13.0. The van der Waals surface area contributed by atoms with Gasteiger partial charge in [-0.05, 0) is 30.4 Å². The second-order valence-corrected chi connectivity index (χ2v) is 5.10. The van der Waals surface area contributed by atoms with Crippen LogP contribution in [0.25, 0.3) is 0 Å². The third-order valence-corrected chi connectivity index (χ3v) is 3.66. The van der Waals surface area contributed by atoms with Crippen molar-refractivity contribution in [2.75, 3.05) is 31.7 Å². The quantitative estimate of drug-likeness (QED) is 0.910. The zero-order valence-corrected chi connectivity index (χ0v) is 11.4. The smallest absolute Gasteiger partial charge is 0.147 e. The van der Waals surface area contributed by atoms with Gasteiger partial charge in [-0.1, -0.05) is 11.6 Å². The van der Waals surface area contributed by atoms with Crippen LogP contribution >= 0.6 is 11.6 Å². The van der Waals surface area contributed by atoms with E-state index in [0.717, 1.165) is 43.9 Å². The SMILES string of the molecule is COCC1CCN(c2ncc(CO)cc2Cl)CC1. The third-order valence-electron chi connectivity index (χ3n) is 3.38. The van der Waals surface area contributed by atoms with Gasteiger partial charge in [-0.2, -0.15) is 0 Å². The number of ether oxygens (including phenoxy) is 1. The number of aliphatic hydroxyl groups excluding tert-OH is 1. The Labute approximate surface area is 113 Å². The molecule has 0 aliphatic carbocycles. The van der Waals surface area contributed by atoms with E-state index >= 15 is 0 Å². The number of aliphatic hydroxyl groups is 1. The van der Waals surface area contributed by atoms with Crippen LogP contribution in [0.3, 0.4) is 0 Å². The van der Waals surface area contributed by atoms with Crippen molar-refractivity contribution in [2.45, 2.75) is 19.4 Å². The summed E-state index contributed by atoms with van der Waals surface area (Å²) in [6, 6.07) is 1.78. The van der Waals surface area contributed by atoms with Gasteiger partial charge in [-0.15, -0.1) is 0 Å². The largest absolute Gasteiger partial charge is 0.392 e. The summed E-state index contributed by atoms with van der Waals surface area (Å²) in [5.74, 6) is 1.46. The van der Waals surface area contributed by atoms with Gasteiger partial charge in [0, 0.05) is 33.0 Å². The summed E-state index contributed by atoms with van der Waals surface area (Å²) in [6.45, 7) is 2.72. The molecule has 1 N–H and O–H groups in total. The molecule has 1 fully saturated rings. The predicted molar refractivity (Wildman–Crippen MR) is 72.0 cm³/mol. The van der Waals surface area contributed by atoms with E-state index in [4.69, 9.17) is 21.4 Å². The topological polar surface area (TPSA) is 45.6 Å². The van der Waals surface area contributed by atoms with Gasteiger partial charge in [0.2, 0.25) is 0 Å². The highest BCUT2D eigenvalue weighted by Gasteiger charge is 2.21. The van der Waals surface area contributed by atoms with Gasteiger partial charge in [0.1, 0.15) is 5.82 Å². The van der Waals surface area contributed by atoms with Crippen molar-refractivity contribution in [1.29, 1.82) is 0 Å². The monoisotopic (exact) mass is 270 g/mol. The Morgan fingerprint density at radius 1 is 1.50 bits per heavy atom. The lowest BCUT2D eigenvalue weighted by molar-refractivity contribution is 0.139. The maximum absolute atomic E-state index is 9.03. The Balaban J connectivity index is 2.01. The molecule has 0 amide bonds. The molecular formula is C13H19ClN2O2. The maximum Gasteiger partial charge on any atom is 0.147 e. The summed E-state index contributed by atoms with van der Waals surface area (Å²) < 4.78 is 5.19. The number of anilines is 1. The van der Waals surface area contributed by atoms with Gasteiger partial charge < -0.3 is 14.7 Å². The lowest BCUT2D eigenvalue weighted by Gasteiger charge is -2.33. The number of methoxy groups -OCH3 is 1. The number of hydrogen-bond acceptors (Lipinski definition) is 4. The summed E-state index contributed by atoms with van der Waals surface area (Å²) in [5.41, 5.74) is 0.748. The first-order valence-corrected chi connectivity index (χ1v) is 6.61. The standard InChI is InChI=1S/C13H19ClN2O2/c1-18-9-10-2-4-16(5-3-10)13-12(14)6-11(8-17)7-15-13/h6-7,10,17H,2-5,8-9H2,1H3. The van der Waals surface area contributed by atoms with E-state index in [1.165, 1.54) is 0 Å². The number of aromatic nitrogens is 1. The average molecular weight is 271 g/mol. The minimum atomic E-state index is -0.0249. The molecule has 2 heterocycles. The fourth-order valence-electron chi connectivity index (χ4n) is 2.34. The molecule has 1 aromatic heterocycles. The molecule has 0 atom stereocenters. The molecule has 0 saturated carbocycles. The van der Waals surface area contributed by atoms with Crippen molar-refractivity contribution in [2.24, 2.45) is 5.92 Å². The first-order valence-electron chi connectivity index (χ1n) is 6.23. The molecule has 18 heavy (non-hydrogen) atoms. The minimum Gasteiger partial charge on any atom is -0.392 e. The van der Waals surface area contributed by atoms with Crippen molar-refractivity contribution in [3.8, 4) is 0 Å². The Morgan fingerprint density at radius 3 is 2.78 bits per heavy atom. The number of nitrogens with zero attached hydrogens (tertiary/aromatic N) is 2. The van der Waals surface area contributed by atoms with E-state index in [2.05, 4.69) is 9.88 Å². The summed E-state index contributed by atoms with van der Waals surface area (Å²) >= 11 is 6.20. The number of halogens is 1. The first kappa shape index (κ1) is 13.6. The summed E-state index contributed by atoms with van der Waals surface area (Å²) in [5, 5.41) is 9.65. The molecule has 5 heteroatoms. The van der Waals surface area contributed by atoms with E-state index in [9.17, 15) is 0 Å². The molecule has 100 valence electrons. The lowest BCUT2D eigenvalue weighted by atomic mass is 9.98. The minimum absolute atomic E-state index is 0.0249. The highest BCUT2D eigenvalue weighted by molar-refractivity contribution is 6.33. The molecule has 2 rings (SSSR count). The van der Waals surface area contributed by atoms with Crippen molar-refractivity contribution in [3.63, 3.8) is 0 Å². The van der Waals surface area contributed by atoms with Crippen molar-refractivity contribution in [3.05, 3.63) is 22.8 Å². The van der Waals surface area contributed by atoms with Crippen LogP contribution in [0.15, 0.2) is 12.3 Å². The molecule has 0 bridgehead atoms. The second kappa shape index (κ2) is 6.36. The fourth-order valence-corrected chi connectivity index (χ4v) is 2.65. The maximum atomic E-state index is 9.03. The Bertz CT molecular complexity index is 393. The third kappa shape index (κ3) is 3.13. The number of piperidine rings is 1. The van der Waals surface area contributed by atoms with Crippen molar-refractivity contribution >= 4 is 17.4 Å². The van der Waals surface area contributed by atoms with Crippen LogP contribution in [0.5, 0.6) is 0 Å². The number of pyridine rings is 1. The normalized spacial score (nSPS) is 17.2. The van der Waals surface area contributed by atoms with Gasteiger partial charge in [-0.25, -0.2) is 4.98 Å². The zero-order valence-electron chi connectivity index (χ0n) is 10.6. The average Bonchev–Trinajstić information content (AvgIpc) is 2.40. The Hall–Kier alpha value is -0.840. The molecule has 1 aliphatic rings.